The summed E-state index contributed by atoms with van der Waals surface area (Å²) in [6, 6.07) is 32.5. The van der Waals surface area contributed by atoms with Gasteiger partial charge in [-0.1, -0.05) is 46.8 Å². The Morgan fingerprint density at radius 2 is 0.892 bits per heavy atom. The number of aromatic nitrogens is 12. The van der Waals surface area contributed by atoms with Crippen LogP contribution >= 0.6 is 0 Å². The number of pyridine rings is 2. The van der Waals surface area contributed by atoms with Crippen molar-refractivity contribution in [1.29, 1.82) is 0 Å². The van der Waals surface area contributed by atoms with Crippen LogP contribution in [-0.4, -0.2) is 133 Å². The van der Waals surface area contributed by atoms with Gasteiger partial charge in [0.05, 0.1) is 108 Å². The van der Waals surface area contributed by atoms with E-state index in [9.17, 15) is 19.8 Å². The SMILES string of the molecule is O=C(O)c1ccc2nc(Cc3cc(F)c(-c4cccc(OCc5ccc(-c6cn([C@H]7CCOC7)nn6)cc5F)n4)cc3F)n(C[C@@H]3CCO3)c2c1.O=C(O)c1ccc2nc(Cc3cc(F)c(-c4cccc(OCc5ccc(-c6cn([C@H]7CCOC7)nn6)cc5F)n4)cc3F)n(C[C@@H]3CCO3)c2c1. The highest BCUT2D eigenvalue weighted by molar-refractivity contribution is 5.93. The number of benzene rings is 6. The summed E-state index contributed by atoms with van der Waals surface area (Å²) in [6.07, 6.45) is 6.64. The zero-order valence-corrected chi connectivity index (χ0v) is 54.3. The van der Waals surface area contributed by atoms with E-state index in [2.05, 4.69) is 40.6 Å². The summed E-state index contributed by atoms with van der Waals surface area (Å²) in [5.74, 6) is -4.76. The Hall–Kier alpha value is -11.2. The van der Waals surface area contributed by atoms with Crippen LogP contribution in [0.25, 0.3) is 67.1 Å². The van der Waals surface area contributed by atoms with E-state index in [-0.39, 0.29) is 118 Å². The first-order valence-electron chi connectivity index (χ1n) is 33.0. The summed E-state index contributed by atoms with van der Waals surface area (Å²) in [6.45, 7) is 4.24. The van der Waals surface area contributed by atoms with Crippen molar-refractivity contribution in [3.8, 4) is 56.8 Å². The van der Waals surface area contributed by atoms with Gasteiger partial charge in [-0.2, -0.15) is 0 Å². The minimum atomic E-state index is -1.08. The molecular formula is C74H62F6N12O10. The number of hydrogen-bond acceptors (Lipinski definition) is 16. The molecule has 22 nitrogen and oxygen atoms in total. The average Bonchev–Trinajstić information content (AvgIpc) is 1.53. The summed E-state index contributed by atoms with van der Waals surface area (Å²) in [7, 11) is 0. The van der Waals surface area contributed by atoms with E-state index in [0.29, 0.717) is 109 Å². The fourth-order valence-corrected chi connectivity index (χ4v) is 12.6. The van der Waals surface area contributed by atoms with Crippen molar-refractivity contribution < 1.29 is 74.6 Å². The number of halogens is 6. The second kappa shape index (κ2) is 28.8. The maximum absolute atomic E-state index is 15.6. The molecule has 4 aliphatic rings. The lowest BCUT2D eigenvalue weighted by Gasteiger charge is -2.27. The zero-order chi connectivity index (χ0) is 70.1. The van der Waals surface area contributed by atoms with E-state index in [4.69, 9.17) is 28.4 Å². The van der Waals surface area contributed by atoms with E-state index in [0.717, 1.165) is 49.9 Å². The fourth-order valence-electron chi connectivity index (χ4n) is 12.6. The zero-order valence-electron chi connectivity index (χ0n) is 54.3. The molecule has 16 rings (SSSR count). The van der Waals surface area contributed by atoms with E-state index in [1.807, 2.05) is 9.13 Å². The van der Waals surface area contributed by atoms with Crippen LogP contribution in [0.1, 0.15) is 92.4 Å². The first-order valence-corrected chi connectivity index (χ1v) is 33.0. The number of carboxylic acids is 2. The van der Waals surface area contributed by atoms with Gasteiger partial charge in [0, 0.05) is 84.8 Å². The number of rotatable bonds is 22. The highest BCUT2D eigenvalue weighted by atomic mass is 19.1. The van der Waals surface area contributed by atoms with Crippen LogP contribution in [0.5, 0.6) is 11.8 Å². The van der Waals surface area contributed by atoms with Crippen molar-refractivity contribution in [1.82, 2.24) is 59.1 Å². The topological polar surface area (TPSA) is 253 Å². The second-order valence-electron chi connectivity index (χ2n) is 25.2. The molecule has 0 amide bonds. The van der Waals surface area contributed by atoms with Crippen molar-refractivity contribution in [3.63, 3.8) is 0 Å². The van der Waals surface area contributed by atoms with E-state index in [1.54, 1.807) is 82.4 Å². The van der Waals surface area contributed by atoms with E-state index >= 15 is 26.3 Å². The molecule has 520 valence electrons. The smallest absolute Gasteiger partial charge is 0.335 e. The third-order valence-corrected chi connectivity index (χ3v) is 18.5. The molecule has 4 fully saturated rings. The van der Waals surface area contributed by atoms with Crippen LogP contribution < -0.4 is 9.47 Å². The highest BCUT2D eigenvalue weighted by Gasteiger charge is 2.28. The lowest BCUT2D eigenvalue weighted by atomic mass is 10.0. The molecule has 0 unspecified atom stereocenters. The van der Waals surface area contributed by atoms with Gasteiger partial charge in [0.25, 0.3) is 0 Å². The third-order valence-electron chi connectivity index (χ3n) is 18.5. The van der Waals surface area contributed by atoms with Gasteiger partial charge in [-0.15, -0.1) is 10.2 Å². The summed E-state index contributed by atoms with van der Waals surface area (Å²) in [5.41, 5.74) is 5.48. The summed E-state index contributed by atoms with van der Waals surface area (Å²) in [5, 5.41) is 35.7. The third kappa shape index (κ3) is 14.3. The van der Waals surface area contributed by atoms with Crippen LogP contribution in [0.3, 0.4) is 0 Å². The normalized spacial score (nSPS) is 17.2. The van der Waals surface area contributed by atoms with Gasteiger partial charge in [0.15, 0.2) is 0 Å². The molecule has 0 saturated carbocycles. The predicted octanol–water partition coefficient (Wildman–Crippen LogP) is 12.8. The van der Waals surface area contributed by atoms with Crippen molar-refractivity contribution >= 4 is 34.0 Å². The lowest BCUT2D eigenvalue weighted by Crippen LogP contribution is -2.31. The minimum absolute atomic E-state index is 0.0400. The van der Waals surface area contributed by atoms with Gasteiger partial charge >= 0.3 is 11.9 Å². The largest absolute Gasteiger partial charge is 0.478 e. The number of nitrogens with zero attached hydrogens (tertiary/aromatic N) is 12. The Kier molecular flexibility index (Phi) is 18.8. The van der Waals surface area contributed by atoms with Gasteiger partial charge < -0.3 is 47.8 Å². The van der Waals surface area contributed by atoms with Crippen LogP contribution in [0.15, 0.2) is 146 Å². The maximum Gasteiger partial charge on any atom is 0.335 e. The Balaban J connectivity index is 0.000000165. The standard InChI is InChI=1S/2C37H31F3N6O5/c2*38-28-12-21(33-18-46(44-43-33)25-8-10-49-20-25)4-5-23(28)19-51-36-3-1-2-31(42-36)27-16-29(39)24(13-30(27)40)15-35-41-32-7-6-22(37(47)48)14-34(32)45(35)17-26-9-11-50-26/h2*1-7,12-14,16,18,25-26H,8-11,15,17,19-20H2,(H,47,48)/t2*25-,26-/m00/s1. The molecule has 6 aromatic carbocycles. The minimum Gasteiger partial charge on any atom is -0.478 e. The molecule has 28 heteroatoms. The molecule has 4 aliphatic heterocycles. The highest BCUT2D eigenvalue weighted by Crippen LogP contribution is 2.34. The number of imidazole rings is 2. The van der Waals surface area contributed by atoms with Gasteiger partial charge in [0.1, 0.15) is 71.2 Å². The van der Waals surface area contributed by atoms with Crippen molar-refractivity contribution in [3.05, 3.63) is 226 Å². The second-order valence-corrected chi connectivity index (χ2v) is 25.2. The first kappa shape index (κ1) is 66.7. The number of hydrogen-bond donors (Lipinski definition) is 2. The molecule has 12 aromatic rings. The predicted molar refractivity (Wildman–Crippen MR) is 355 cm³/mol. The molecule has 0 radical (unpaired) electrons. The van der Waals surface area contributed by atoms with Gasteiger partial charge in [0.2, 0.25) is 11.8 Å². The molecule has 4 atom stereocenters. The van der Waals surface area contributed by atoms with Crippen LogP contribution in [0, 0.1) is 34.9 Å². The number of ether oxygens (including phenoxy) is 6. The molecule has 102 heavy (non-hydrogen) atoms. The monoisotopic (exact) mass is 1390 g/mol. The number of carboxylic acid groups (broad SMARTS) is 2. The van der Waals surface area contributed by atoms with Crippen molar-refractivity contribution in [2.45, 2.75) is 89.1 Å². The van der Waals surface area contributed by atoms with E-state index < -0.39 is 46.8 Å². The Morgan fingerprint density at radius 3 is 1.27 bits per heavy atom. The molecular weight excluding hydrogens is 1330 g/mol. The average molecular weight is 1390 g/mol. The van der Waals surface area contributed by atoms with Crippen molar-refractivity contribution in [2.24, 2.45) is 0 Å². The Labute approximate surface area is 576 Å². The molecule has 4 saturated heterocycles. The number of carbonyl (C=O) groups is 2. The summed E-state index contributed by atoms with van der Waals surface area (Å²) >= 11 is 0. The number of fused-ring (bicyclic) bond motifs is 2. The van der Waals surface area contributed by atoms with Crippen molar-refractivity contribution in [2.75, 3.05) is 39.6 Å². The van der Waals surface area contributed by atoms with Crippen LogP contribution in [0.2, 0.25) is 0 Å². The first-order chi connectivity index (χ1) is 49.6. The molecule has 0 bridgehead atoms. The molecule has 0 spiro atoms. The van der Waals surface area contributed by atoms with Crippen LogP contribution in [-0.2, 0) is 58.1 Å². The van der Waals surface area contributed by atoms with Gasteiger partial charge in [-0.3, -0.25) is 0 Å². The Bertz CT molecular complexity index is 4840. The summed E-state index contributed by atoms with van der Waals surface area (Å²) < 4.78 is 133. The fraction of sp³-hybridized carbons (Fsp3) is 0.270. The molecule has 6 aromatic heterocycles. The van der Waals surface area contributed by atoms with Crippen LogP contribution in [0.4, 0.5) is 26.3 Å². The lowest BCUT2D eigenvalue weighted by molar-refractivity contribution is -0.0591. The van der Waals surface area contributed by atoms with Gasteiger partial charge in [-0.05, 0) is 122 Å². The quantitative estimate of drug-likeness (QED) is 0.0598. The number of aromatic carboxylic acids is 2. The van der Waals surface area contributed by atoms with E-state index in [1.165, 1.54) is 48.5 Å². The van der Waals surface area contributed by atoms with Gasteiger partial charge in [-0.25, -0.2) is 65.2 Å². The molecule has 2 N–H and O–H groups in total. The molecule has 10 heterocycles. The molecule has 0 aliphatic carbocycles. The summed E-state index contributed by atoms with van der Waals surface area (Å²) in [4.78, 5) is 41.2. The Morgan fingerprint density at radius 1 is 0.461 bits per heavy atom. The maximum atomic E-state index is 15.6.